The van der Waals surface area contributed by atoms with Crippen molar-refractivity contribution in [3.05, 3.63) is 35.6 Å². The molecule has 0 radical (unpaired) electrons. The Hall–Kier alpha value is -2.48. The molecule has 1 aliphatic rings. The first-order valence-corrected chi connectivity index (χ1v) is 9.23. The van der Waals surface area contributed by atoms with Gasteiger partial charge in [-0.2, -0.15) is 0 Å². The van der Waals surface area contributed by atoms with Gasteiger partial charge in [-0.15, -0.1) is 0 Å². The second kappa shape index (κ2) is 8.26. The topological polar surface area (TPSA) is 98.7 Å². The molecule has 1 aliphatic carbocycles. The van der Waals surface area contributed by atoms with Gasteiger partial charge in [-0.1, -0.05) is 26.0 Å². The van der Waals surface area contributed by atoms with Crippen molar-refractivity contribution in [1.82, 2.24) is 15.5 Å². The van der Waals surface area contributed by atoms with E-state index in [-0.39, 0.29) is 30.2 Å². The number of rotatable bonds is 6. The van der Waals surface area contributed by atoms with Gasteiger partial charge in [-0.05, 0) is 42.9 Å². The minimum Gasteiger partial charge on any atom is -0.380 e. The van der Waals surface area contributed by atoms with Crippen LogP contribution in [-0.2, 0) is 20.9 Å². The maximum Gasteiger partial charge on any atom is 0.309 e. The molecule has 1 saturated carbocycles. The molecule has 0 heterocycles. The summed E-state index contributed by atoms with van der Waals surface area (Å²) in [7, 11) is 1.56. The van der Waals surface area contributed by atoms with E-state index < -0.39 is 23.5 Å². The number of amides is 3. The smallest absolute Gasteiger partial charge is 0.309 e. The van der Waals surface area contributed by atoms with Crippen LogP contribution in [0.4, 0.5) is 4.39 Å². The van der Waals surface area contributed by atoms with E-state index in [4.69, 9.17) is 0 Å². The van der Waals surface area contributed by atoms with Crippen LogP contribution in [-0.4, -0.2) is 53.0 Å². The molecule has 0 bridgehead atoms. The zero-order valence-corrected chi connectivity index (χ0v) is 16.7. The normalized spacial score (nSPS) is 17.8. The molecule has 28 heavy (non-hydrogen) atoms. The van der Waals surface area contributed by atoms with Gasteiger partial charge in [0, 0.05) is 26.2 Å². The second-order valence-electron chi connectivity index (χ2n) is 8.42. The molecular formula is C20H28FN3O4. The molecule has 0 aromatic heterocycles. The van der Waals surface area contributed by atoms with E-state index in [0.717, 1.165) is 0 Å². The van der Waals surface area contributed by atoms with Crippen LogP contribution >= 0.6 is 0 Å². The van der Waals surface area contributed by atoms with E-state index in [0.29, 0.717) is 18.4 Å². The van der Waals surface area contributed by atoms with E-state index in [1.807, 2.05) is 13.8 Å². The number of hydrogen-bond acceptors (Lipinski definition) is 4. The Kier molecular flexibility index (Phi) is 6.44. The number of nitrogens with zero attached hydrogens (tertiary/aromatic N) is 1. The molecule has 0 saturated heterocycles. The number of carbonyl (C=O) groups excluding carboxylic acids is 3. The first-order chi connectivity index (χ1) is 12.9. The molecule has 8 heteroatoms. The fraction of sp³-hybridized carbons (Fsp3) is 0.550. The predicted octanol–water partition coefficient (Wildman–Crippen LogP) is 0.956. The molecule has 1 unspecified atom stereocenters. The number of halogens is 1. The monoisotopic (exact) mass is 393 g/mol. The Bertz CT molecular complexity index is 740. The number of carbonyl (C=O) groups is 3. The fourth-order valence-corrected chi connectivity index (χ4v) is 3.73. The molecule has 3 N–H and O–H groups in total. The molecule has 154 valence electrons. The van der Waals surface area contributed by atoms with Crippen LogP contribution in [0.2, 0.25) is 0 Å². The van der Waals surface area contributed by atoms with E-state index in [9.17, 15) is 23.9 Å². The lowest BCUT2D eigenvalue weighted by atomic mass is 9.61. The third-order valence-corrected chi connectivity index (χ3v) is 4.78. The molecule has 1 aromatic rings. The molecular weight excluding hydrogens is 365 g/mol. The van der Waals surface area contributed by atoms with Gasteiger partial charge in [-0.3, -0.25) is 14.4 Å². The highest BCUT2D eigenvalue weighted by molar-refractivity contribution is 6.35. The summed E-state index contributed by atoms with van der Waals surface area (Å²) in [6, 6.07) is 5.10. The standard InChI is InChI=1S/C20H28FN3O4/c1-13(10-24(4)18(27)20(28)11-19(2,3)12-20)23-17(26)16(25)22-9-14-5-7-15(21)8-6-14/h5-8,13,28H,9-12H2,1-4H3,(H,22,25)(H,23,26). The van der Waals surface area contributed by atoms with Crippen LogP contribution in [0, 0.1) is 11.2 Å². The number of aliphatic hydroxyl groups is 1. The maximum atomic E-state index is 12.9. The van der Waals surface area contributed by atoms with E-state index in [1.54, 1.807) is 14.0 Å². The number of benzene rings is 1. The van der Waals surface area contributed by atoms with Gasteiger partial charge in [0.25, 0.3) is 5.91 Å². The minimum absolute atomic E-state index is 0.0618. The summed E-state index contributed by atoms with van der Waals surface area (Å²) in [6.07, 6.45) is 0.797. The van der Waals surface area contributed by atoms with Crippen molar-refractivity contribution in [2.45, 2.75) is 51.8 Å². The molecule has 1 fully saturated rings. The third-order valence-electron chi connectivity index (χ3n) is 4.78. The second-order valence-corrected chi connectivity index (χ2v) is 8.42. The lowest BCUT2D eigenvalue weighted by molar-refractivity contribution is -0.174. The highest BCUT2D eigenvalue weighted by Gasteiger charge is 2.54. The Morgan fingerprint density at radius 1 is 1.18 bits per heavy atom. The Morgan fingerprint density at radius 2 is 1.75 bits per heavy atom. The van der Waals surface area contributed by atoms with Crippen molar-refractivity contribution in [3.8, 4) is 0 Å². The van der Waals surface area contributed by atoms with Crippen LogP contribution in [0.3, 0.4) is 0 Å². The third kappa shape index (κ3) is 5.51. The van der Waals surface area contributed by atoms with Crippen molar-refractivity contribution < 1.29 is 23.9 Å². The molecule has 1 aromatic carbocycles. The molecule has 3 amide bonds. The minimum atomic E-state index is -1.35. The zero-order valence-electron chi connectivity index (χ0n) is 16.7. The average Bonchev–Trinajstić information content (AvgIpc) is 2.58. The van der Waals surface area contributed by atoms with Gasteiger partial charge in [0.15, 0.2) is 0 Å². The quantitative estimate of drug-likeness (QED) is 0.627. The molecule has 0 aliphatic heterocycles. The first-order valence-electron chi connectivity index (χ1n) is 9.23. The lowest BCUT2D eigenvalue weighted by Gasteiger charge is -2.49. The van der Waals surface area contributed by atoms with Crippen LogP contribution < -0.4 is 10.6 Å². The first kappa shape index (κ1) is 21.8. The SMILES string of the molecule is CC(CN(C)C(=O)C1(O)CC(C)(C)C1)NC(=O)C(=O)NCc1ccc(F)cc1. The number of hydrogen-bond donors (Lipinski definition) is 3. The molecule has 7 nitrogen and oxygen atoms in total. The summed E-state index contributed by atoms with van der Waals surface area (Å²) >= 11 is 0. The van der Waals surface area contributed by atoms with Crippen LogP contribution in [0.5, 0.6) is 0 Å². The van der Waals surface area contributed by atoms with Crippen LogP contribution in [0.1, 0.15) is 39.2 Å². The average molecular weight is 393 g/mol. The van der Waals surface area contributed by atoms with Gasteiger partial charge >= 0.3 is 11.8 Å². The van der Waals surface area contributed by atoms with Crippen molar-refractivity contribution >= 4 is 17.7 Å². The largest absolute Gasteiger partial charge is 0.380 e. The molecule has 1 atom stereocenters. The van der Waals surface area contributed by atoms with Crippen molar-refractivity contribution in [1.29, 1.82) is 0 Å². The Balaban J connectivity index is 1.77. The Morgan fingerprint density at radius 3 is 2.29 bits per heavy atom. The summed E-state index contributed by atoms with van der Waals surface area (Å²) in [5.74, 6) is -2.40. The van der Waals surface area contributed by atoms with Gasteiger partial charge in [-0.25, -0.2) is 4.39 Å². The number of nitrogens with one attached hydrogen (secondary N) is 2. The van der Waals surface area contributed by atoms with E-state index in [1.165, 1.54) is 29.2 Å². The Labute approximate surface area is 164 Å². The van der Waals surface area contributed by atoms with E-state index >= 15 is 0 Å². The van der Waals surface area contributed by atoms with Crippen molar-refractivity contribution in [2.24, 2.45) is 5.41 Å². The molecule has 0 spiro atoms. The van der Waals surface area contributed by atoms with Crippen molar-refractivity contribution in [3.63, 3.8) is 0 Å². The highest BCUT2D eigenvalue weighted by Crippen LogP contribution is 2.48. The van der Waals surface area contributed by atoms with Crippen LogP contribution in [0.25, 0.3) is 0 Å². The molecule has 2 rings (SSSR count). The summed E-state index contributed by atoms with van der Waals surface area (Å²) < 4.78 is 12.9. The fourth-order valence-electron chi connectivity index (χ4n) is 3.73. The van der Waals surface area contributed by atoms with E-state index in [2.05, 4.69) is 10.6 Å². The van der Waals surface area contributed by atoms with Crippen molar-refractivity contribution in [2.75, 3.05) is 13.6 Å². The summed E-state index contributed by atoms with van der Waals surface area (Å²) in [5.41, 5.74) is -0.750. The number of likely N-dealkylation sites (N-methyl/N-ethyl adjacent to an activating group) is 1. The lowest BCUT2D eigenvalue weighted by Crippen LogP contribution is -2.60. The van der Waals surface area contributed by atoms with Gasteiger partial charge in [0.2, 0.25) is 0 Å². The highest BCUT2D eigenvalue weighted by atomic mass is 19.1. The summed E-state index contributed by atoms with van der Waals surface area (Å²) in [5, 5.41) is 15.4. The maximum absolute atomic E-state index is 12.9. The zero-order chi connectivity index (χ0) is 21.1. The summed E-state index contributed by atoms with van der Waals surface area (Å²) in [4.78, 5) is 37.7. The predicted molar refractivity (Wildman–Crippen MR) is 101 cm³/mol. The van der Waals surface area contributed by atoms with Gasteiger partial charge < -0.3 is 20.6 Å². The van der Waals surface area contributed by atoms with Gasteiger partial charge in [0.05, 0.1) is 0 Å². The van der Waals surface area contributed by atoms with Crippen LogP contribution in [0.15, 0.2) is 24.3 Å². The van der Waals surface area contributed by atoms with Gasteiger partial charge in [0.1, 0.15) is 11.4 Å². The summed E-state index contributed by atoms with van der Waals surface area (Å²) in [6.45, 7) is 5.91.